The maximum absolute atomic E-state index is 13.7. The van der Waals surface area contributed by atoms with E-state index in [9.17, 15) is 24.6 Å². The molecule has 3 aliphatic carbocycles. The fraction of sp³-hybridized carbons (Fsp3) is 0.870. The van der Waals surface area contributed by atoms with E-state index >= 15 is 0 Å². The van der Waals surface area contributed by atoms with Crippen LogP contribution in [-0.4, -0.2) is 47.9 Å². The molecule has 0 aromatic carbocycles. The SMILES string of the molecule is COCOC1CC[C@](C)(C2CC[C@]3(C)[C@@H](C(C)C(=O)O)CC[C@H]3C2=O)C(C(=O)O)C1. The number of ketones is 1. The van der Waals surface area contributed by atoms with Crippen molar-refractivity contribution >= 4 is 17.7 Å². The summed E-state index contributed by atoms with van der Waals surface area (Å²) in [6.07, 6.45) is 4.44. The average molecular weight is 425 g/mol. The van der Waals surface area contributed by atoms with Crippen LogP contribution in [0.4, 0.5) is 0 Å². The molecule has 3 fully saturated rings. The second kappa shape index (κ2) is 8.58. The number of hydrogen-bond donors (Lipinski definition) is 2. The van der Waals surface area contributed by atoms with E-state index in [1.54, 1.807) is 14.0 Å². The fourth-order valence-corrected chi connectivity index (χ4v) is 6.99. The predicted molar refractivity (Wildman–Crippen MR) is 109 cm³/mol. The van der Waals surface area contributed by atoms with Gasteiger partial charge in [0.05, 0.1) is 17.9 Å². The van der Waals surface area contributed by atoms with Crippen molar-refractivity contribution in [3.63, 3.8) is 0 Å². The molecule has 8 atom stereocenters. The zero-order valence-electron chi connectivity index (χ0n) is 18.6. The van der Waals surface area contributed by atoms with Gasteiger partial charge in [0.15, 0.2) is 0 Å². The highest BCUT2D eigenvalue weighted by Crippen LogP contribution is 2.61. The number of Topliss-reactive ketones (excluding diaryl/α,β-unsaturated/α-hetero) is 1. The summed E-state index contributed by atoms with van der Waals surface area (Å²) in [6.45, 7) is 5.94. The zero-order chi connectivity index (χ0) is 22.3. The smallest absolute Gasteiger partial charge is 0.307 e. The molecular weight excluding hydrogens is 388 g/mol. The highest BCUT2D eigenvalue weighted by molar-refractivity contribution is 5.87. The second-order valence-corrected chi connectivity index (χ2v) is 10.2. The first kappa shape index (κ1) is 23.2. The minimum atomic E-state index is -0.867. The first-order chi connectivity index (χ1) is 14.1. The van der Waals surface area contributed by atoms with E-state index in [0.29, 0.717) is 32.1 Å². The van der Waals surface area contributed by atoms with Crippen molar-refractivity contribution in [3.8, 4) is 0 Å². The summed E-state index contributed by atoms with van der Waals surface area (Å²) >= 11 is 0. The van der Waals surface area contributed by atoms with Gasteiger partial charge in [-0.15, -0.1) is 0 Å². The van der Waals surface area contributed by atoms with Crippen molar-refractivity contribution < 1.29 is 34.1 Å². The van der Waals surface area contributed by atoms with E-state index < -0.39 is 29.2 Å². The number of hydrogen-bond acceptors (Lipinski definition) is 5. The third-order valence-corrected chi connectivity index (χ3v) is 8.88. The van der Waals surface area contributed by atoms with E-state index in [0.717, 1.165) is 12.8 Å². The number of rotatable bonds is 7. The van der Waals surface area contributed by atoms with Gasteiger partial charge >= 0.3 is 11.9 Å². The van der Waals surface area contributed by atoms with Gasteiger partial charge in [0.1, 0.15) is 12.6 Å². The number of carboxylic acids is 2. The largest absolute Gasteiger partial charge is 0.481 e. The molecule has 3 saturated carbocycles. The van der Waals surface area contributed by atoms with Crippen LogP contribution in [-0.2, 0) is 23.9 Å². The third kappa shape index (κ3) is 3.79. The summed E-state index contributed by atoms with van der Waals surface area (Å²) in [4.78, 5) is 37.5. The van der Waals surface area contributed by atoms with Crippen molar-refractivity contribution in [3.05, 3.63) is 0 Å². The molecule has 0 amide bonds. The van der Waals surface area contributed by atoms with Crippen LogP contribution in [0.15, 0.2) is 0 Å². The van der Waals surface area contributed by atoms with Gasteiger partial charge in [-0.1, -0.05) is 20.8 Å². The molecule has 0 radical (unpaired) electrons. The minimum absolute atomic E-state index is 0.00819. The minimum Gasteiger partial charge on any atom is -0.481 e. The lowest BCUT2D eigenvalue weighted by Gasteiger charge is -2.52. The van der Waals surface area contributed by atoms with Crippen molar-refractivity contribution in [1.29, 1.82) is 0 Å². The fourth-order valence-electron chi connectivity index (χ4n) is 6.99. The molecule has 7 heteroatoms. The van der Waals surface area contributed by atoms with Crippen LogP contribution >= 0.6 is 0 Å². The monoisotopic (exact) mass is 424 g/mol. The summed E-state index contributed by atoms with van der Waals surface area (Å²) in [7, 11) is 1.54. The van der Waals surface area contributed by atoms with Crippen LogP contribution in [0, 0.1) is 40.4 Å². The van der Waals surface area contributed by atoms with Gasteiger partial charge < -0.3 is 19.7 Å². The molecule has 0 spiro atoms. The Bertz CT molecular complexity index is 691. The number of carbonyl (C=O) groups is 3. The predicted octanol–water partition coefficient (Wildman–Crippen LogP) is 3.60. The van der Waals surface area contributed by atoms with Crippen LogP contribution < -0.4 is 0 Å². The van der Waals surface area contributed by atoms with Crippen LogP contribution in [0.2, 0.25) is 0 Å². The van der Waals surface area contributed by atoms with Gasteiger partial charge in [-0.05, 0) is 61.7 Å². The van der Waals surface area contributed by atoms with E-state index in [1.807, 2.05) is 6.92 Å². The molecule has 0 bridgehead atoms. The molecule has 2 N–H and O–H groups in total. The maximum Gasteiger partial charge on any atom is 0.307 e. The Balaban J connectivity index is 1.81. The van der Waals surface area contributed by atoms with Crippen molar-refractivity contribution in [1.82, 2.24) is 0 Å². The van der Waals surface area contributed by atoms with Gasteiger partial charge in [0.2, 0.25) is 0 Å². The normalized spacial score (nSPS) is 42.5. The Hall–Kier alpha value is -1.47. The Kier molecular flexibility index (Phi) is 6.63. The van der Waals surface area contributed by atoms with Crippen molar-refractivity contribution in [2.24, 2.45) is 40.4 Å². The molecule has 3 aliphatic rings. The Morgan fingerprint density at radius 2 is 1.70 bits per heavy atom. The van der Waals surface area contributed by atoms with Crippen molar-refractivity contribution in [2.75, 3.05) is 13.9 Å². The molecule has 3 rings (SSSR count). The summed E-state index contributed by atoms with van der Waals surface area (Å²) in [6, 6.07) is 0. The molecular formula is C23H36O7. The summed E-state index contributed by atoms with van der Waals surface area (Å²) < 4.78 is 10.6. The van der Waals surface area contributed by atoms with Gasteiger partial charge in [-0.3, -0.25) is 14.4 Å². The summed E-state index contributed by atoms with van der Waals surface area (Å²) in [5.41, 5.74) is -0.910. The highest BCUT2D eigenvalue weighted by atomic mass is 16.7. The van der Waals surface area contributed by atoms with Crippen LogP contribution in [0.3, 0.4) is 0 Å². The number of ether oxygens (including phenoxy) is 2. The van der Waals surface area contributed by atoms with E-state index in [4.69, 9.17) is 9.47 Å². The van der Waals surface area contributed by atoms with E-state index in [2.05, 4.69) is 6.92 Å². The van der Waals surface area contributed by atoms with Gasteiger partial charge in [0.25, 0.3) is 0 Å². The number of carboxylic acid groups (broad SMARTS) is 2. The lowest BCUT2D eigenvalue weighted by atomic mass is 9.51. The first-order valence-corrected chi connectivity index (χ1v) is 11.2. The van der Waals surface area contributed by atoms with Gasteiger partial charge in [-0.25, -0.2) is 0 Å². The first-order valence-electron chi connectivity index (χ1n) is 11.2. The second-order valence-electron chi connectivity index (χ2n) is 10.2. The summed E-state index contributed by atoms with van der Waals surface area (Å²) in [5.74, 6) is -3.09. The quantitative estimate of drug-likeness (QED) is 0.601. The highest BCUT2D eigenvalue weighted by Gasteiger charge is 2.60. The van der Waals surface area contributed by atoms with E-state index in [1.165, 1.54) is 0 Å². The zero-order valence-corrected chi connectivity index (χ0v) is 18.6. The number of aliphatic carboxylic acids is 2. The molecule has 7 nitrogen and oxygen atoms in total. The van der Waals surface area contributed by atoms with Crippen LogP contribution in [0.1, 0.15) is 65.7 Å². The lowest BCUT2D eigenvalue weighted by molar-refractivity contribution is -0.167. The average Bonchev–Trinajstić information content (AvgIpc) is 3.04. The number of fused-ring (bicyclic) bond motifs is 1. The molecule has 0 aromatic rings. The van der Waals surface area contributed by atoms with Gasteiger partial charge in [0, 0.05) is 18.9 Å². The van der Waals surface area contributed by atoms with Crippen LogP contribution in [0.25, 0.3) is 0 Å². The van der Waals surface area contributed by atoms with Gasteiger partial charge in [-0.2, -0.15) is 0 Å². The van der Waals surface area contributed by atoms with E-state index in [-0.39, 0.29) is 41.8 Å². The topological polar surface area (TPSA) is 110 Å². The molecule has 170 valence electrons. The summed E-state index contributed by atoms with van der Waals surface area (Å²) in [5, 5.41) is 19.5. The van der Waals surface area contributed by atoms with Crippen molar-refractivity contribution in [2.45, 2.75) is 71.8 Å². The molecule has 30 heavy (non-hydrogen) atoms. The Labute approximate surface area is 178 Å². The molecule has 0 aromatic heterocycles. The lowest BCUT2D eigenvalue weighted by Crippen LogP contribution is -2.53. The maximum atomic E-state index is 13.7. The molecule has 0 heterocycles. The number of carbonyl (C=O) groups excluding carboxylic acids is 1. The molecule has 4 unspecified atom stereocenters. The molecule has 0 saturated heterocycles. The third-order valence-electron chi connectivity index (χ3n) is 8.88. The Morgan fingerprint density at radius 1 is 1.07 bits per heavy atom. The van der Waals surface area contributed by atoms with Crippen LogP contribution in [0.5, 0.6) is 0 Å². The standard InChI is InChI=1S/C23H36O7/c1-13(20(25)26)15-5-6-16-19(24)17(8-10-22(15,16)2)23(3)9-7-14(30-12-29-4)11-18(23)21(27)28/h13-18H,5-12H2,1-4H3,(H,25,26)(H,27,28)/t13?,14?,15-,16+,17?,18?,22-,23-/m1/s1. The molecule has 0 aliphatic heterocycles. The Morgan fingerprint density at radius 3 is 2.30 bits per heavy atom. The number of methoxy groups -OCH3 is 1.